The van der Waals surface area contributed by atoms with E-state index in [0.29, 0.717) is 21.4 Å². The molecule has 10 heteroatoms. The molecule has 3 heterocycles. The Bertz CT molecular complexity index is 1670. The molecule has 42 heavy (non-hydrogen) atoms. The Hall–Kier alpha value is -4.21. The van der Waals surface area contributed by atoms with Crippen LogP contribution < -0.4 is 15.5 Å². The molecule has 1 saturated heterocycles. The third-order valence-corrected chi connectivity index (χ3v) is 8.05. The van der Waals surface area contributed by atoms with Gasteiger partial charge in [-0.2, -0.15) is 0 Å². The number of benzene rings is 2. The minimum Gasteiger partial charge on any atom is -0.465 e. The lowest BCUT2D eigenvalue weighted by molar-refractivity contribution is -0.118. The van der Waals surface area contributed by atoms with Gasteiger partial charge in [0, 0.05) is 34.9 Å². The second-order valence-corrected chi connectivity index (χ2v) is 11.3. The van der Waals surface area contributed by atoms with Crippen molar-refractivity contribution in [2.45, 2.75) is 39.8 Å². The summed E-state index contributed by atoms with van der Waals surface area (Å²) in [5, 5.41) is 7.32. The number of ether oxygens (including phenoxy) is 1. The fourth-order valence-electron chi connectivity index (χ4n) is 5.36. The van der Waals surface area contributed by atoms with Gasteiger partial charge in [0.1, 0.15) is 0 Å². The second-order valence-electron chi connectivity index (χ2n) is 10.5. The van der Waals surface area contributed by atoms with E-state index in [1.807, 2.05) is 74.2 Å². The molecule has 2 N–H and O–H groups in total. The number of anilines is 2. The van der Waals surface area contributed by atoms with Crippen LogP contribution in [0.5, 0.6) is 0 Å². The number of hydrogen-bond donors (Lipinski definition) is 2. The van der Waals surface area contributed by atoms with Crippen LogP contribution in [0.25, 0.3) is 5.69 Å². The summed E-state index contributed by atoms with van der Waals surface area (Å²) in [5.41, 5.74) is 6.50. The lowest BCUT2D eigenvalue weighted by atomic mass is 9.96. The third kappa shape index (κ3) is 5.49. The maximum Gasteiger partial charge on any atom is 0.337 e. The molecule has 0 aliphatic carbocycles. The predicted molar refractivity (Wildman–Crippen MR) is 169 cm³/mol. The highest BCUT2D eigenvalue weighted by molar-refractivity contribution is 7.80. The Labute approximate surface area is 255 Å². The van der Waals surface area contributed by atoms with Gasteiger partial charge < -0.3 is 24.8 Å². The quantitative estimate of drug-likeness (QED) is 0.180. The number of halogens is 1. The summed E-state index contributed by atoms with van der Waals surface area (Å²) in [6.07, 6.45) is 1.77. The van der Waals surface area contributed by atoms with Crippen LogP contribution in [0.4, 0.5) is 11.4 Å². The average molecular weight is 602 g/mol. The van der Waals surface area contributed by atoms with Gasteiger partial charge in [-0.25, -0.2) is 4.79 Å². The number of rotatable bonds is 7. The number of esters is 1. The summed E-state index contributed by atoms with van der Waals surface area (Å²) in [4.78, 5) is 31.3. The lowest BCUT2D eigenvalue weighted by Gasteiger charge is -2.28. The Morgan fingerprint density at radius 2 is 1.83 bits per heavy atom. The van der Waals surface area contributed by atoms with E-state index < -0.39 is 5.97 Å². The van der Waals surface area contributed by atoms with E-state index in [1.165, 1.54) is 7.11 Å². The van der Waals surface area contributed by atoms with Crippen LogP contribution in [-0.2, 0) is 9.53 Å². The predicted octanol–water partition coefficient (Wildman–Crippen LogP) is 6.70. The number of methoxy groups -OCH3 is 1. The van der Waals surface area contributed by atoms with Crippen molar-refractivity contribution in [2.24, 2.45) is 5.92 Å². The van der Waals surface area contributed by atoms with Crippen molar-refractivity contribution >= 4 is 52.2 Å². The Kier molecular flexibility index (Phi) is 8.34. The van der Waals surface area contributed by atoms with Gasteiger partial charge in [-0.1, -0.05) is 37.6 Å². The molecule has 2 aromatic heterocycles. The van der Waals surface area contributed by atoms with Crippen LogP contribution in [0.2, 0.25) is 5.02 Å². The third-order valence-electron chi connectivity index (χ3n) is 7.43. The number of thiocarbonyl (C=S) groups is 1. The number of nitrogens with one attached hydrogen (secondary N) is 2. The largest absolute Gasteiger partial charge is 0.465 e. The first-order valence-electron chi connectivity index (χ1n) is 13.6. The molecule has 1 amide bonds. The van der Waals surface area contributed by atoms with Gasteiger partial charge >= 0.3 is 5.97 Å². The van der Waals surface area contributed by atoms with E-state index in [9.17, 15) is 9.59 Å². The summed E-state index contributed by atoms with van der Waals surface area (Å²) >= 11 is 12.6. The topological polar surface area (TPSA) is 88.5 Å². The first kappa shape index (κ1) is 29.3. The first-order chi connectivity index (χ1) is 20.1. The molecule has 2 aromatic carbocycles. The Morgan fingerprint density at radius 1 is 1.05 bits per heavy atom. The molecule has 216 valence electrons. The molecule has 0 saturated carbocycles. The molecule has 4 aromatic rings. The van der Waals surface area contributed by atoms with E-state index in [-0.39, 0.29) is 23.9 Å². The molecule has 2 atom stereocenters. The molecule has 1 aliphatic rings. The normalized spacial score (nSPS) is 16.5. The highest BCUT2D eigenvalue weighted by Crippen LogP contribution is 2.44. The monoisotopic (exact) mass is 601 g/mol. The van der Waals surface area contributed by atoms with Crippen LogP contribution >= 0.6 is 23.8 Å². The lowest BCUT2D eigenvalue weighted by Crippen LogP contribution is -2.29. The van der Waals surface area contributed by atoms with Crippen molar-refractivity contribution in [3.63, 3.8) is 0 Å². The van der Waals surface area contributed by atoms with Crippen LogP contribution in [0.3, 0.4) is 0 Å². The Morgan fingerprint density at radius 3 is 2.50 bits per heavy atom. The summed E-state index contributed by atoms with van der Waals surface area (Å²) in [7, 11) is 1.37. The molecule has 1 aliphatic heterocycles. The zero-order valence-electron chi connectivity index (χ0n) is 24.0. The zero-order chi connectivity index (χ0) is 30.1. The Balaban J connectivity index is 1.62. The van der Waals surface area contributed by atoms with Gasteiger partial charge in [0.2, 0.25) is 5.91 Å². The van der Waals surface area contributed by atoms with Gasteiger partial charge in [0.25, 0.3) is 0 Å². The van der Waals surface area contributed by atoms with E-state index in [2.05, 4.69) is 33.2 Å². The van der Waals surface area contributed by atoms with Crippen molar-refractivity contribution in [2.75, 3.05) is 17.3 Å². The van der Waals surface area contributed by atoms with Crippen molar-refractivity contribution < 1.29 is 14.3 Å². The standard InChI is InChI=1S/C32H32ClN5O3S/c1-18(2)30(39)35-26-13-12-23(17-25(26)33)38-29(28(36-32(38)42)27-11-6-7-14-34-27)24-15-19(3)37(20(24)4)22-10-8-9-21(16-22)31(40)41-5/h6-18,28-29H,1-5H3,(H,35,39)(H,36,42)/t28-,29-/m1/s1. The molecule has 8 nitrogen and oxygen atoms in total. The number of nitrogens with zero attached hydrogens (tertiary/aromatic N) is 3. The summed E-state index contributed by atoms with van der Waals surface area (Å²) in [5.74, 6) is -0.681. The number of amides is 1. The highest BCUT2D eigenvalue weighted by Gasteiger charge is 2.42. The van der Waals surface area contributed by atoms with E-state index >= 15 is 0 Å². The van der Waals surface area contributed by atoms with Crippen LogP contribution in [0, 0.1) is 19.8 Å². The van der Waals surface area contributed by atoms with Crippen molar-refractivity contribution in [3.8, 4) is 5.69 Å². The maximum absolute atomic E-state index is 12.3. The van der Waals surface area contributed by atoms with Crippen LogP contribution in [0.15, 0.2) is 72.9 Å². The summed E-state index contributed by atoms with van der Waals surface area (Å²) < 4.78 is 7.06. The second kappa shape index (κ2) is 12.0. The average Bonchev–Trinajstić information content (AvgIpc) is 3.48. The van der Waals surface area contributed by atoms with Crippen LogP contribution in [0.1, 0.15) is 58.9 Å². The molecule has 0 unspecified atom stereocenters. The summed E-state index contributed by atoms with van der Waals surface area (Å²) in [6.45, 7) is 7.75. The maximum atomic E-state index is 12.3. The van der Waals surface area contributed by atoms with Crippen molar-refractivity contribution in [1.29, 1.82) is 0 Å². The van der Waals surface area contributed by atoms with Gasteiger partial charge in [-0.05, 0) is 86.2 Å². The van der Waals surface area contributed by atoms with E-state index in [1.54, 1.807) is 18.3 Å². The van der Waals surface area contributed by atoms with Gasteiger partial charge in [0.05, 0.1) is 41.2 Å². The van der Waals surface area contributed by atoms with E-state index in [0.717, 1.165) is 34.0 Å². The smallest absolute Gasteiger partial charge is 0.337 e. The zero-order valence-corrected chi connectivity index (χ0v) is 25.6. The van der Waals surface area contributed by atoms with E-state index in [4.69, 9.17) is 28.6 Å². The SMILES string of the molecule is COC(=O)c1cccc(-n2c(C)cc([C@@H]3[C@@H](c4ccccn4)NC(=S)N3c3ccc(NC(=O)C(C)C)c(Cl)c3)c2C)c1. The summed E-state index contributed by atoms with van der Waals surface area (Å²) in [6, 6.07) is 20.3. The fraction of sp³-hybridized carbons (Fsp3) is 0.250. The molecule has 0 bridgehead atoms. The van der Waals surface area contributed by atoms with Crippen molar-refractivity contribution in [3.05, 3.63) is 106 Å². The minimum atomic E-state index is -0.392. The minimum absolute atomic E-state index is 0.111. The number of hydrogen-bond acceptors (Lipinski definition) is 5. The molecule has 0 spiro atoms. The number of carbonyl (C=O) groups excluding carboxylic acids is 2. The van der Waals surface area contributed by atoms with Crippen LogP contribution in [-0.4, -0.2) is 33.6 Å². The van der Waals surface area contributed by atoms with Gasteiger partial charge in [-0.15, -0.1) is 0 Å². The van der Waals surface area contributed by atoms with Gasteiger partial charge in [-0.3, -0.25) is 9.78 Å². The number of aryl methyl sites for hydroxylation is 1. The number of aromatic nitrogens is 2. The number of pyridine rings is 1. The molecular weight excluding hydrogens is 570 g/mol. The molecule has 0 radical (unpaired) electrons. The highest BCUT2D eigenvalue weighted by atomic mass is 35.5. The molecule has 5 rings (SSSR count). The number of carbonyl (C=O) groups is 2. The molecular formula is C32H32ClN5O3S. The molecule has 1 fully saturated rings. The van der Waals surface area contributed by atoms with Gasteiger partial charge in [0.15, 0.2) is 5.11 Å². The van der Waals surface area contributed by atoms with Crippen molar-refractivity contribution in [1.82, 2.24) is 14.9 Å². The first-order valence-corrected chi connectivity index (χ1v) is 14.4. The fourth-order valence-corrected chi connectivity index (χ4v) is 5.92.